The summed E-state index contributed by atoms with van der Waals surface area (Å²) in [5, 5.41) is 8.86. The van der Waals surface area contributed by atoms with Gasteiger partial charge in [0.25, 0.3) is 0 Å². The summed E-state index contributed by atoms with van der Waals surface area (Å²) in [5.74, 6) is 0. The van der Waals surface area contributed by atoms with Gasteiger partial charge in [0.05, 0.1) is 6.61 Å². The molecule has 0 aliphatic heterocycles. The maximum atomic E-state index is 12.2. The molecule has 98 valence electrons. The number of ether oxygens (including phenoxy) is 1. The highest BCUT2D eigenvalue weighted by Gasteiger charge is 2.24. The van der Waals surface area contributed by atoms with E-state index in [2.05, 4.69) is 4.98 Å². The molecule has 0 unspecified atom stereocenters. The van der Waals surface area contributed by atoms with Crippen molar-refractivity contribution in [3.8, 4) is 6.07 Å². The van der Waals surface area contributed by atoms with Crippen molar-refractivity contribution in [3.05, 3.63) is 24.0 Å². The third-order valence-corrected chi connectivity index (χ3v) is 4.21. The Labute approximate surface area is 107 Å². The van der Waals surface area contributed by atoms with E-state index in [0.29, 0.717) is 13.2 Å². The molecule has 6 nitrogen and oxygen atoms in total. The SMILES string of the molecule is CCOCCN(C)S(=O)(=O)c1cccnc1C#N. The molecule has 18 heavy (non-hydrogen) atoms. The number of pyridine rings is 1. The highest BCUT2D eigenvalue weighted by Crippen LogP contribution is 2.16. The van der Waals surface area contributed by atoms with Crippen molar-refractivity contribution >= 4 is 10.0 Å². The molecule has 0 aliphatic carbocycles. The van der Waals surface area contributed by atoms with Gasteiger partial charge in [-0.3, -0.25) is 0 Å². The zero-order chi connectivity index (χ0) is 13.6. The molecule has 0 saturated carbocycles. The average Bonchev–Trinajstić information content (AvgIpc) is 2.38. The molecule has 0 N–H and O–H groups in total. The Morgan fingerprint density at radius 2 is 2.28 bits per heavy atom. The van der Waals surface area contributed by atoms with Crippen molar-refractivity contribution in [3.63, 3.8) is 0 Å². The smallest absolute Gasteiger partial charge is 0.245 e. The van der Waals surface area contributed by atoms with Crippen LogP contribution in [0.25, 0.3) is 0 Å². The summed E-state index contributed by atoms with van der Waals surface area (Å²) >= 11 is 0. The van der Waals surface area contributed by atoms with Gasteiger partial charge in [-0.15, -0.1) is 0 Å². The van der Waals surface area contributed by atoms with E-state index in [0.717, 1.165) is 4.31 Å². The fourth-order valence-electron chi connectivity index (χ4n) is 1.31. The lowest BCUT2D eigenvalue weighted by atomic mass is 10.4. The number of nitrogens with zero attached hydrogens (tertiary/aromatic N) is 3. The van der Waals surface area contributed by atoms with Crippen LogP contribution in [0.3, 0.4) is 0 Å². The summed E-state index contributed by atoms with van der Waals surface area (Å²) in [7, 11) is -2.25. The first-order valence-electron chi connectivity index (χ1n) is 5.43. The molecule has 0 aliphatic rings. The van der Waals surface area contributed by atoms with Crippen molar-refractivity contribution in [2.75, 3.05) is 26.8 Å². The molecule has 0 aromatic carbocycles. The van der Waals surface area contributed by atoms with Crippen LogP contribution >= 0.6 is 0 Å². The highest BCUT2D eigenvalue weighted by atomic mass is 32.2. The molecule has 7 heteroatoms. The second-order valence-corrected chi connectivity index (χ2v) is 5.50. The van der Waals surface area contributed by atoms with Gasteiger partial charge < -0.3 is 4.74 Å². The molecule has 1 heterocycles. The first kappa shape index (κ1) is 14.6. The number of nitriles is 1. The van der Waals surface area contributed by atoms with Gasteiger partial charge in [0, 0.05) is 26.4 Å². The molecule has 0 spiro atoms. The highest BCUT2D eigenvalue weighted by molar-refractivity contribution is 7.89. The minimum absolute atomic E-state index is 0.0773. The van der Waals surface area contributed by atoms with E-state index >= 15 is 0 Å². The zero-order valence-electron chi connectivity index (χ0n) is 10.3. The molecule has 0 saturated heterocycles. The van der Waals surface area contributed by atoms with E-state index in [9.17, 15) is 8.42 Å². The maximum absolute atomic E-state index is 12.2. The van der Waals surface area contributed by atoms with Crippen LogP contribution in [0.5, 0.6) is 0 Å². The lowest BCUT2D eigenvalue weighted by molar-refractivity contribution is 0.138. The van der Waals surface area contributed by atoms with Crippen LogP contribution in [0.1, 0.15) is 12.6 Å². The minimum Gasteiger partial charge on any atom is -0.380 e. The van der Waals surface area contributed by atoms with Crippen LogP contribution in [-0.2, 0) is 14.8 Å². The summed E-state index contributed by atoms with van der Waals surface area (Å²) in [5.41, 5.74) is -0.0965. The van der Waals surface area contributed by atoms with Gasteiger partial charge in [-0.1, -0.05) is 0 Å². The fourth-order valence-corrected chi connectivity index (χ4v) is 2.55. The maximum Gasteiger partial charge on any atom is 0.245 e. The Morgan fingerprint density at radius 1 is 1.56 bits per heavy atom. The van der Waals surface area contributed by atoms with E-state index in [1.807, 2.05) is 6.92 Å². The first-order valence-corrected chi connectivity index (χ1v) is 6.87. The molecule has 0 radical (unpaired) electrons. The van der Waals surface area contributed by atoms with E-state index in [4.69, 9.17) is 10.00 Å². The molecule has 1 aromatic heterocycles. The monoisotopic (exact) mass is 269 g/mol. The fraction of sp³-hybridized carbons (Fsp3) is 0.455. The van der Waals surface area contributed by atoms with E-state index in [1.54, 1.807) is 6.07 Å². The predicted octanol–water partition coefficient (Wildman–Crippen LogP) is 0.610. The van der Waals surface area contributed by atoms with Crippen LogP contribution in [0.15, 0.2) is 23.2 Å². The Kier molecular flexibility index (Phi) is 5.22. The predicted molar refractivity (Wildman–Crippen MR) is 65.3 cm³/mol. The van der Waals surface area contributed by atoms with Gasteiger partial charge in [0.1, 0.15) is 11.0 Å². The summed E-state index contributed by atoms with van der Waals surface area (Å²) in [4.78, 5) is 3.67. The number of hydrogen-bond donors (Lipinski definition) is 0. The standard InChI is InChI=1S/C11H15N3O3S/c1-3-17-8-7-14(2)18(15,16)11-5-4-6-13-10(11)9-12/h4-6H,3,7-8H2,1-2H3. The van der Waals surface area contributed by atoms with Gasteiger partial charge >= 0.3 is 0 Å². The minimum atomic E-state index is -3.69. The van der Waals surface area contributed by atoms with Crippen molar-refractivity contribution in [1.29, 1.82) is 5.26 Å². The molecule has 0 fully saturated rings. The van der Waals surface area contributed by atoms with Gasteiger partial charge in [0.15, 0.2) is 5.69 Å². The Morgan fingerprint density at radius 3 is 2.89 bits per heavy atom. The number of sulfonamides is 1. The molecule has 0 bridgehead atoms. The second kappa shape index (κ2) is 6.44. The van der Waals surface area contributed by atoms with Crippen LogP contribution in [0.2, 0.25) is 0 Å². The van der Waals surface area contributed by atoms with Gasteiger partial charge in [0.2, 0.25) is 10.0 Å². The van der Waals surface area contributed by atoms with Gasteiger partial charge in [-0.2, -0.15) is 9.57 Å². The normalized spacial score (nSPS) is 11.4. The lowest BCUT2D eigenvalue weighted by Gasteiger charge is -2.17. The Bertz CT molecular complexity index is 537. The topological polar surface area (TPSA) is 83.3 Å². The molecule has 1 aromatic rings. The Balaban J connectivity index is 2.96. The van der Waals surface area contributed by atoms with Crippen LogP contribution < -0.4 is 0 Å². The number of likely N-dealkylation sites (N-methyl/N-ethyl adjacent to an activating group) is 1. The van der Waals surface area contributed by atoms with Crippen molar-refractivity contribution in [2.24, 2.45) is 0 Å². The summed E-state index contributed by atoms with van der Waals surface area (Å²) < 4.78 is 30.6. The number of hydrogen-bond acceptors (Lipinski definition) is 5. The molecule has 0 amide bonds. The van der Waals surface area contributed by atoms with Crippen LogP contribution in [-0.4, -0.2) is 44.5 Å². The summed E-state index contributed by atoms with van der Waals surface area (Å²) in [6.07, 6.45) is 1.39. The molecular formula is C11H15N3O3S. The van der Waals surface area contributed by atoms with E-state index in [-0.39, 0.29) is 17.1 Å². The molecular weight excluding hydrogens is 254 g/mol. The Hall–Kier alpha value is -1.49. The average molecular weight is 269 g/mol. The number of aromatic nitrogens is 1. The quantitative estimate of drug-likeness (QED) is 0.706. The molecule has 1 rings (SSSR count). The van der Waals surface area contributed by atoms with E-state index < -0.39 is 10.0 Å². The van der Waals surface area contributed by atoms with Crippen LogP contribution in [0.4, 0.5) is 0 Å². The summed E-state index contributed by atoms with van der Waals surface area (Å²) in [6, 6.07) is 4.64. The van der Waals surface area contributed by atoms with Gasteiger partial charge in [-0.05, 0) is 19.1 Å². The van der Waals surface area contributed by atoms with Crippen molar-refractivity contribution in [1.82, 2.24) is 9.29 Å². The zero-order valence-corrected chi connectivity index (χ0v) is 11.1. The molecule has 0 atom stereocenters. The van der Waals surface area contributed by atoms with Gasteiger partial charge in [-0.25, -0.2) is 13.4 Å². The summed E-state index contributed by atoms with van der Waals surface area (Å²) in [6.45, 7) is 2.91. The van der Waals surface area contributed by atoms with Crippen molar-refractivity contribution in [2.45, 2.75) is 11.8 Å². The lowest BCUT2D eigenvalue weighted by Crippen LogP contribution is -2.31. The third-order valence-electron chi connectivity index (χ3n) is 2.32. The first-order chi connectivity index (χ1) is 8.54. The van der Waals surface area contributed by atoms with Crippen molar-refractivity contribution < 1.29 is 13.2 Å². The number of rotatable bonds is 6. The third kappa shape index (κ3) is 3.26. The van der Waals surface area contributed by atoms with Crippen LogP contribution in [0, 0.1) is 11.3 Å². The van der Waals surface area contributed by atoms with E-state index in [1.165, 1.54) is 25.4 Å². The second-order valence-electron chi connectivity index (χ2n) is 3.49. The largest absolute Gasteiger partial charge is 0.380 e.